The Bertz CT molecular complexity index is 379. The van der Waals surface area contributed by atoms with Crippen LogP contribution < -0.4 is 16.4 Å². The van der Waals surface area contributed by atoms with E-state index in [1.807, 2.05) is 6.92 Å². The fourth-order valence-corrected chi connectivity index (χ4v) is 2.19. The van der Waals surface area contributed by atoms with Crippen molar-refractivity contribution < 1.29 is 4.79 Å². The number of nitrogens with one attached hydrogen (secondary N) is 2. The lowest BCUT2D eigenvalue weighted by atomic mass is 10.2. The van der Waals surface area contributed by atoms with Crippen molar-refractivity contribution in [2.75, 3.05) is 25.1 Å². The number of hydrogen-bond acceptors (Lipinski definition) is 5. The van der Waals surface area contributed by atoms with E-state index >= 15 is 0 Å². The molecule has 0 aromatic heterocycles. The summed E-state index contributed by atoms with van der Waals surface area (Å²) in [6, 6.07) is -0.420. The van der Waals surface area contributed by atoms with E-state index < -0.39 is 6.03 Å². The molecule has 1 rings (SSSR count). The Hall–Kier alpha value is -1.57. The highest BCUT2D eigenvalue weighted by Gasteiger charge is 2.11. The molecule has 100 valence electrons. The summed E-state index contributed by atoms with van der Waals surface area (Å²) in [5, 5.41) is 5.38. The number of carbonyl (C=O) groups is 1. The summed E-state index contributed by atoms with van der Waals surface area (Å²) in [4.78, 5) is 22.8. The smallest absolute Gasteiger partial charge is 0.318 e. The SMILES string of the molecule is CN=C(NCCSCC1=NC=N[C@@H]1C)NC(N)=O. The number of urea groups is 1. The summed E-state index contributed by atoms with van der Waals surface area (Å²) < 4.78 is 0. The zero-order chi connectivity index (χ0) is 13.4. The van der Waals surface area contributed by atoms with Crippen LogP contribution in [-0.4, -0.2) is 55.2 Å². The molecule has 2 amide bonds. The van der Waals surface area contributed by atoms with Gasteiger partial charge in [-0.3, -0.25) is 15.3 Å². The number of amides is 2. The largest absolute Gasteiger partial charge is 0.355 e. The molecule has 7 nitrogen and oxygen atoms in total. The second kappa shape index (κ2) is 7.70. The molecule has 1 atom stereocenters. The van der Waals surface area contributed by atoms with Gasteiger partial charge in [-0.05, 0) is 6.92 Å². The van der Waals surface area contributed by atoms with Crippen LogP contribution in [0.2, 0.25) is 0 Å². The third-order valence-electron chi connectivity index (χ3n) is 2.25. The number of thioether (sulfide) groups is 1. The Balaban J connectivity index is 2.10. The molecular formula is C10H18N6OS. The average Bonchev–Trinajstić information content (AvgIpc) is 2.72. The lowest BCUT2D eigenvalue weighted by molar-refractivity contribution is 0.253. The summed E-state index contributed by atoms with van der Waals surface area (Å²) in [7, 11) is 1.58. The van der Waals surface area contributed by atoms with Gasteiger partial charge < -0.3 is 11.1 Å². The molecule has 0 unspecified atom stereocenters. The van der Waals surface area contributed by atoms with Gasteiger partial charge >= 0.3 is 6.03 Å². The monoisotopic (exact) mass is 270 g/mol. The Morgan fingerprint density at radius 1 is 1.67 bits per heavy atom. The first-order valence-corrected chi connectivity index (χ1v) is 6.72. The van der Waals surface area contributed by atoms with Crippen LogP contribution in [-0.2, 0) is 0 Å². The molecule has 0 fully saturated rings. The lowest BCUT2D eigenvalue weighted by Gasteiger charge is -2.09. The van der Waals surface area contributed by atoms with Crippen LogP contribution in [0.25, 0.3) is 0 Å². The molecule has 0 saturated carbocycles. The van der Waals surface area contributed by atoms with Crippen LogP contribution in [0.5, 0.6) is 0 Å². The molecular weight excluding hydrogens is 252 g/mol. The molecule has 0 saturated heterocycles. The number of nitrogens with two attached hydrogens (primary N) is 1. The Labute approximate surface area is 110 Å². The van der Waals surface area contributed by atoms with Gasteiger partial charge in [0.05, 0.1) is 11.8 Å². The minimum Gasteiger partial charge on any atom is -0.355 e. The number of carbonyl (C=O) groups excluding carboxylic acids is 1. The van der Waals surface area contributed by atoms with Crippen molar-refractivity contribution in [3.05, 3.63) is 0 Å². The number of guanidine groups is 1. The van der Waals surface area contributed by atoms with Crippen LogP contribution in [0.4, 0.5) is 4.79 Å². The van der Waals surface area contributed by atoms with Crippen LogP contribution in [0, 0.1) is 0 Å². The Morgan fingerprint density at radius 2 is 2.44 bits per heavy atom. The van der Waals surface area contributed by atoms with Gasteiger partial charge in [0, 0.05) is 25.1 Å². The highest BCUT2D eigenvalue weighted by Crippen LogP contribution is 2.07. The van der Waals surface area contributed by atoms with Gasteiger partial charge in [0.1, 0.15) is 6.34 Å². The van der Waals surface area contributed by atoms with E-state index in [2.05, 4.69) is 25.6 Å². The van der Waals surface area contributed by atoms with E-state index in [-0.39, 0.29) is 6.04 Å². The first kappa shape index (κ1) is 14.5. The highest BCUT2D eigenvalue weighted by molar-refractivity contribution is 8.00. The van der Waals surface area contributed by atoms with Crippen LogP contribution >= 0.6 is 11.8 Å². The van der Waals surface area contributed by atoms with Crippen LogP contribution in [0.15, 0.2) is 15.0 Å². The van der Waals surface area contributed by atoms with Crippen molar-refractivity contribution in [1.29, 1.82) is 0 Å². The predicted molar refractivity (Wildman–Crippen MR) is 76.8 cm³/mol. The topological polar surface area (TPSA) is 104 Å². The molecule has 4 N–H and O–H groups in total. The summed E-state index contributed by atoms with van der Waals surface area (Å²) in [6.45, 7) is 2.72. The van der Waals surface area contributed by atoms with Gasteiger partial charge in [0.25, 0.3) is 0 Å². The van der Waals surface area contributed by atoms with Crippen molar-refractivity contribution >= 4 is 35.8 Å². The Kier molecular flexibility index (Phi) is 6.20. The second-order valence-corrected chi connectivity index (χ2v) is 4.71. The second-order valence-electron chi connectivity index (χ2n) is 3.60. The fraction of sp³-hybridized carbons (Fsp3) is 0.600. The average molecular weight is 270 g/mol. The van der Waals surface area contributed by atoms with E-state index in [4.69, 9.17) is 5.73 Å². The maximum atomic E-state index is 10.6. The fourth-order valence-electron chi connectivity index (χ4n) is 1.27. The maximum Gasteiger partial charge on any atom is 0.318 e. The van der Waals surface area contributed by atoms with E-state index in [0.717, 1.165) is 17.2 Å². The third-order valence-corrected chi connectivity index (χ3v) is 3.24. The number of hydrogen-bond donors (Lipinski definition) is 3. The molecule has 1 heterocycles. The van der Waals surface area contributed by atoms with Crippen molar-refractivity contribution in [3.8, 4) is 0 Å². The number of primary amides is 1. The number of aliphatic imine (C=N–C) groups is 3. The summed E-state index contributed by atoms with van der Waals surface area (Å²) in [5.41, 5.74) is 6.09. The molecule has 1 aliphatic heterocycles. The molecule has 0 aromatic carbocycles. The van der Waals surface area contributed by atoms with Crippen molar-refractivity contribution in [2.24, 2.45) is 20.7 Å². The van der Waals surface area contributed by atoms with Gasteiger partial charge in [-0.1, -0.05) is 0 Å². The number of nitrogens with zero attached hydrogens (tertiary/aromatic N) is 3. The molecule has 0 spiro atoms. The molecule has 0 bridgehead atoms. The van der Waals surface area contributed by atoms with Gasteiger partial charge in [-0.25, -0.2) is 9.79 Å². The van der Waals surface area contributed by atoms with Crippen LogP contribution in [0.1, 0.15) is 6.92 Å². The first-order chi connectivity index (χ1) is 8.63. The summed E-state index contributed by atoms with van der Waals surface area (Å²) in [6.07, 6.45) is 1.61. The van der Waals surface area contributed by atoms with E-state index in [1.54, 1.807) is 25.1 Å². The van der Waals surface area contributed by atoms with Gasteiger partial charge in [0.15, 0.2) is 5.96 Å². The molecule has 0 aliphatic carbocycles. The lowest BCUT2D eigenvalue weighted by Crippen LogP contribution is -2.44. The highest BCUT2D eigenvalue weighted by atomic mass is 32.2. The van der Waals surface area contributed by atoms with Crippen molar-refractivity contribution in [2.45, 2.75) is 13.0 Å². The Morgan fingerprint density at radius 3 is 3.00 bits per heavy atom. The molecule has 18 heavy (non-hydrogen) atoms. The quantitative estimate of drug-likeness (QED) is 0.367. The van der Waals surface area contributed by atoms with Gasteiger partial charge in [0.2, 0.25) is 0 Å². The first-order valence-electron chi connectivity index (χ1n) is 5.56. The van der Waals surface area contributed by atoms with Gasteiger partial charge in [-0.15, -0.1) is 0 Å². The molecule has 0 radical (unpaired) electrons. The number of rotatable bonds is 5. The van der Waals surface area contributed by atoms with Gasteiger partial charge in [-0.2, -0.15) is 11.8 Å². The van der Waals surface area contributed by atoms with Crippen molar-refractivity contribution in [3.63, 3.8) is 0 Å². The van der Waals surface area contributed by atoms with E-state index in [9.17, 15) is 4.79 Å². The third kappa shape index (κ3) is 5.17. The summed E-state index contributed by atoms with van der Waals surface area (Å²) in [5.74, 6) is 2.13. The zero-order valence-electron chi connectivity index (χ0n) is 10.5. The minimum atomic E-state index is -0.623. The predicted octanol–water partition coefficient (Wildman–Crippen LogP) is -0.165. The molecule has 1 aliphatic rings. The van der Waals surface area contributed by atoms with E-state index in [0.29, 0.717) is 12.5 Å². The van der Waals surface area contributed by atoms with E-state index in [1.165, 1.54) is 0 Å². The zero-order valence-corrected chi connectivity index (χ0v) is 11.3. The normalized spacial score (nSPS) is 18.7. The molecule has 8 heteroatoms. The maximum absolute atomic E-state index is 10.6. The standard InChI is InChI=1S/C10H18N6OS/c1-7-8(15-6-14-7)5-18-4-3-13-10(12-2)16-9(11)17/h6-7H,3-5H2,1-2H3,(H4,11,12,13,16,17)/t7-/m1/s1. The van der Waals surface area contributed by atoms with Crippen LogP contribution in [0.3, 0.4) is 0 Å². The minimum absolute atomic E-state index is 0.203. The van der Waals surface area contributed by atoms with Crippen molar-refractivity contribution in [1.82, 2.24) is 10.6 Å². The molecule has 0 aromatic rings. The summed E-state index contributed by atoms with van der Waals surface area (Å²) >= 11 is 1.75.